The zero-order valence-corrected chi connectivity index (χ0v) is 10.4. The molecule has 1 aliphatic heterocycles. The minimum atomic E-state index is -0.849. The Balaban J connectivity index is 1.98. The third kappa shape index (κ3) is 3.25. The van der Waals surface area contributed by atoms with E-state index in [9.17, 15) is 8.78 Å². The fraction of sp³-hybridized carbons (Fsp3) is 0.538. The molecule has 1 fully saturated rings. The lowest BCUT2D eigenvalue weighted by atomic mass is 10.1. The van der Waals surface area contributed by atoms with E-state index in [4.69, 9.17) is 10.5 Å². The SMILES string of the molecule is CC1CN(CC(N)c2ccc(F)c(F)c2)CCO1. The Morgan fingerprint density at radius 2 is 2.22 bits per heavy atom. The molecule has 0 spiro atoms. The van der Waals surface area contributed by atoms with Gasteiger partial charge >= 0.3 is 0 Å². The molecule has 2 atom stereocenters. The number of rotatable bonds is 3. The molecule has 2 N–H and O–H groups in total. The lowest BCUT2D eigenvalue weighted by Crippen LogP contribution is -2.44. The van der Waals surface area contributed by atoms with Gasteiger partial charge in [0.2, 0.25) is 0 Å². The zero-order chi connectivity index (χ0) is 13.1. The van der Waals surface area contributed by atoms with Crippen LogP contribution >= 0.6 is 0 Å². The van der Waals surface area contributed by atoms with E-state index in [1.807, 2.05) is 6.92 Å². The van der Waals surface area contributed by atoms with Crippen molar-refractivity contribution in [3.05, 3.63) is 35.4 Å². The van der Waals surface area contributed by atoms with Gasteiger partial charge in [0.05, 0.1) is 12.7 Å². The predicted octanol–water partition coefficient (Wildman–Crippen LogP) is 1.69. The van der Waals surface area contributed by atoms with Gasteiger partial charge in [-0.15, -0.1) is 0 Å². The number of hydrogen-bond acceptors (Lipinski definition) is 3. The summed E-state index contributed by atoms with van der Waals surface area (Å²) in [6.07, 6.45) is 0.191. The summed E-state index contributed by atoms with van der Waals surface area (Å²) in [5, 5.41) is 0. The molecule has 5 heteroatoms. The van der Waals surface area contributed by atoms with E-state index in [1.54, 1.807) is 0 Å². The molecule has 100 valence electrons. The summed E-state index contributed by atoms with van der Waals surface area (Å²) in [5.74, 6) is -1.69. The van der Waals surface area contributed by atoms with Gasteiger partial charge in [0.25, 0.3) is 0 Å². The first kappa shape index (κ1) is 13.4. The number of halogens is 2. The summed E-state index contributed by atoms with van der Waals surface area (Å²) < 4.78 is 31.4. The molecule has 1 aromatic rings. The van der Waals surface area contributed by atoms with Crippen LogP contribution in [-0.2, 0) is 4.74 Å². The fourth-order valence-electron chi connectivity index (χ4n) is 2.18. The standard InChI is InChI=1S/C13H18F2N2O/c1-9-7-17(4-5-18-9)8-13(16)10-2-3-11(14)12(15)6-10/h2-3,6,9,13H,4-5,7-8,16H2,1H3. The van der Waals surface area contributed by atoms with Crippen LogP contribution in [-0.4, -0.2) is 37.2 Å². The van der Waals surface area contributed by atoms with Crippen molar-refractivity contribution in [2.24, 2.45) is 5.73 Å². The Bertz CT molecular complexity index is 414. The van der Waals surface area contributed by atoms with Crippen molar-refractivity contribution in [3.63, 3.8) is 0 Å². The zero-order valence-electron chi connectivity index (χ0n) is 10.4. The maximum atomic E-state index is 13.1. The number of nitrogens with zero attached hydrogens (tertiary/aromatic N) is 1. The highest BCUT2D eigenvalue weighted by molar-refractivity contribution is 5.21. The molecule has 2 unspecified atom stereocenters. The molecule has 3 nitrogen and oxygen atoms in total. The second-order valence-electron chi connectivity index (χ2n) is 4.72. The number of hydrogen-bond donors (Lipinski definition) is 1. The van der Waals surface area contributed by atoms with Gasteiger partial charge < -0.3 is 10.5 Å². The van der Waals surface area contributed by atoms with Crippen LogP contribution in [0.4, 0.5) is 8.78 Å². The van der Waals surface area contributed by atoms with Crippen molar-refractivity contribution in [3.8, 4) is 0 Å². The Morgan fingerprint density at radius 3 is 2.89 bits per heavy atom. The maximum absolute atomic E-state index is 13.1. The molecular weight excluding hydrogens is 238 g/mol. The average Bonchev–Trinajstić information content (AvgIpc) is 2.32. The van der Waals surface area contributed by atoms with Crippen LogP contribution in [0.5, 0.6) is 0 Å². The molecule has 0 aromatic heterocycles. The van der Waals surface area contributed by atoms with Crippen molar-refractivity contribution >= 4 is 0 Å². The van der Waals surface area contributed by atoms with Gasteiger partial charge in [-0.25, -0.2) is 8.78 Å². The normalized spacial score (nSPS) is 23.0. The van der Waals surface area contributed by atoms with Crippen LogP contribution in [0.1, 0.15) is 18.5 Å². The molecule has 1 aromatic carbocycles. The summed E-state index contributed by atoms with van der Waals surface area (Å²) >= 11 is 0. The fourth-order valence-corrected chi connectivity index (χ4v) is 2.18. The first-order chi connectivity index (χ1) is 8.56. The maximum Gasteiger partial charge on any atom is 0.159 e. The second-order valence-corrected chi connectivity index (χ2v) is 4.72. The molecule has 1 aliphatic rings. The van der Waals surface area contributed by atoms with Crippen molar-refractivity contribution in [1.82, 2.24) is 4.90 Å². The minimum Gasteiger partial charge on any atom is -0.376 e. The van der Waals surface area contributed by atoms with E-state index in [2.05, 4.69) is 4.90 Å². The van der Waals surface area contributed by atoms with Crippen LogP contribution < -0.4 is 5.73 Å². The van der Waals surface area contributed by atoms with E-state index < -0.39 is 11.6 Å². The van der Waals surface area contributed by atoms with Gasteiger partial charge in [0, 0.05) is 25.7 Å². The van der Waals surface area contributed by atoms with Crippen molar-refractivity contribution < 1.29 is 13.5 Å². The van der Waals surface area contributed by atoms with Crippen LogP contribution in [0, 0.1) is 11.6 Å². The topological polar surface area (TPSA) is 38.5 Å². The summed E-state index contributed by atoms with van der Waals surface area (Å²) in [6.45, 7) is 4.96. The second kappa shape index (κ2) is 5.73. The Morgan fingerprint density at radius 1 is 1.44 bits per heavy atom. The first-order valence-electron chi connectivity index (χ1n) is 6.10. The quantitative estimate of drug-likeness (QED) is 0.894. The lowest BCUT2D eigenvalue weighted by molar-refractivity contribution is -0.0199. The number of benzene rings is 1. The molecular formula is C13H18F2N2O. The molecule has 1 heterocycles. The summed E-state index contributed by atoms with van der Waals surface area (Å²) in [5.41, 5.74) is 6.64. The smallest absolute Gasteiger partial charge is 0.159 e. The molecule has 0 radical (unpaired) electrons. The van der Waals surface area contributed by atoms with E-state index in [0.717, 1.165) is 19.2 Å². The van der Waals surface area contributed by atoms with Gasteiger partial charge in [-0.2, -0.15) is 0 Å². The molecule has 1 saturated heterocycles. The van der Waals surface area contributed by atoms with Crippen molar-refractivity contribution in [1.29, 1.82) is 0 Å². The summed E-state index contributed by atoms with van der Waals surface area (Å²) in [6, 6.07) is 3.51. The highest BCUT2D eigenvalue weighted by Crippen LogP contribution is 2.16. The van der Waals surface area contributed by atoms with E-state index in [1.165, 1.54) is 12.1 Å². The number of nitrogens with two attached hydrogens (primary N) is 1. The largest absolute Gasteiger partial charge is 0.376 e. The van der Waals surface area contributed by atoms with Gasteiger partial charge in [0.1, 0.15) is 0 Å². The number of ether oxygens (including phenoxy) is 1. The first-order valence-corrected chi connectivity index (χ1v) is 6.10. The average molecular weight is 256 g/mol. The Labute approximate surface area is 106 Å². The Kier molecular flexibility index (Phi) is 4.27. The molecule has 2 rings (SSSR count). The van der Waals surface area contributed by atoms with Gasteiger partial charge in [-0.1, -0.05) is 6.07 Å². The molecule has 0 aliphatic carbocycles. The van der Waals surface area contributed by atoms with Gasteiger partial charge in [-0.05, 0) is 24.6 Å². The van der Waals surface area contributed by atoms with Crippen molar-refractivity contribution in [2.75, 3.05) is 26.2 Å². The summed E-state index contributed by atoms with van der Waals surface area (Å²) in [4.78, 5) is 2.18. The monoisotopic (exact) mass is 256 g/mol. The molecule has 0 bridgehead atoms. The summed E-state index contributed by atoms with van der Waals surface area (Å²) in [7, 11) is 0. The highest BCUT2D eigenvalue weighted by atomic mass is 19.2. The molecule has 18 heavy (non-hydrogen) atoms. The highest BCUT2D eigenvalue weighted by Gasteiger charge is 2.19. The third-order valence-electron chi connectivity index (χ3n) is 3.15. The van der Waals surface area contributed by atoms with E-state index in [-0.39, 0.29) is 12.1 Å². The van der Waals surface area contributed by atoms with E-state index in [0.29, 0.717) is 18.7 Å². The van der Waals surface area contributed by atoms with Gasteiger partial charge in [-0.3, -0.25) is 4.90 Å². The van der Waals surface area contributed by atoms with Crippen LogP contribution in [0.3, 0.4) is 0 Å². The van der Waals surface area contributed by atoms with Gasteiger partial charge in [0.15, 0.2) is 11.6 Å². The Hall–Kier alpha value is -1.04. The van der Waals surface area contributed by atoms with Crippen LogP contribution in [0.15, 0.2) is 18.2 Å². The molecule has 0 amide bonds. The minimum absolute atomic E-state index is 0.191. The van der Waals surface area contributed by atoms with Crippen molar-refractivity contribution in [2.45, 2.75) is 19.1 Å². The lowest BCUT2D eigenvalue weighted by Gasteiger charge is -2.32. The van der Waals surface area contributed by atoms with Crippen LogP contribution in [0.2, 0.25) is 0 Å². The molecule has 0 saturated carbocycles. The third-order valence-corrected chi connectivity index (χ3v) is 3.15. The van der Waals surface area contributed by atoms with Crippen LogP contribution in [0.25, 0.3) is 0 Å². The predicted molar refractivity (Wildman–Crippen MR) is 65.1 cm³/mol. The van der Waals surface area contributed by atoms with E-state index >= 15 is 0 Å². The number of morpholine rings is 1.